The first-order valence-corrected chi connectivity index (χ1v) is 13.2. The molecule has 0 radical (unpaired) electrons. The Bertz CT molecular complexity index is 708. The first-order valence-electron chi connectivity index (χ1n) is 12.3. The average molecular weight is 531 g/mol. The molecule has 9 atom stereocenters. The van der Waals surface area contributed by atoms with Crippen LogP contribution in [0, 0.1) is 11.8 Å². The third kappa shape index (κ3) is 5.33. The maximum absolute atomic E-state index is 13.6. The van der Waals surface area contributed by atoms with Gasteiger partial charge in [-0.3, -0.25) is 4.79 Å². The van der Waals surface area contributed by atoms with E-state index in [-0.39, 0.29) is 53.2 Å². The molecule has 0 spiro atoms. The van der Waals surface area contributed by atoms with E-state index in [1.54, 1.807) is 33.4 Å². The lowest BCUT2D eigenvalue weighted by Crippen LogP contribution is -2.51. The van der Waals surface area contributed by atoms with E-state index >= 15 is 0 Å². The molecule has 1 saturated heterocycles. The van der Waals surface area contributed by atoms with Crippen molar-refractivity contribution in [3.05, 3.63) is 0 Å². The van der Waals surface area contributed by atoms with E-state index in [0.717, 1.165) is 57.1 Å². The second-order valence-corrected chi connectivity index (χ2v) is 10.8. The smallest absolute Gasteiger partial charge is 0.272 e. The summed E-state index contributed by atoms with van der Waals surface area (Å²) >= 11 is 3.50. The van der Waals surface area contributed by atoms with Gasteiger partial charge in [0.15, 0.2) is 0 Å². The Labute approximate surface area is 205 Å². The number of halogens is 1. The molecule has 9 heteroatoms. The van der Waals surface area contributed by atoms with Crippen molar-refractivity contribution in [2.75, 3.05) is 28.4 Å². The highest BCUT2D eigenvalue weighted by Crippen LogP contribution is 2.41. The number of methoxy groups -OCH3 is 4. The van der Waals surface area contributed by atoms with Crippen LogP contribution in [0.25, 0.3) is 0 Å². The van der Waals surface area contributed by atoms with Gasteiger partial charge >= 0.3 is 0 Å². The van der Waals surface area contributed by atoms with Crippen LogP contribution >= 0.6 is 15.9 Å². The van der Waals surface area contributed by atoms with E-state index < -0.39 is 6.10 Å². The number of nitrogens with zero attached hydrogens (tertiary/aromatic N) is 2. The summed E-state index contributed by atoms with van der Waals surface area (Å²) in [6.45, 7) is 0. The molecule has 0 aromatic rings. The summed E-state index contributed by atoms with van der Waals surface area (Å²) in [4.78, 5) is 13.6. The molecule has 2 saturated carbocycles. The van der Waals surface area contributed by atoms with Gasteiger partial charge in [0.2, 0.25) is 0 Å². The predicted molar refractivity (Wildman–Crippen MR) is 127 cm³/mol. The van der Waals surface area contributed by atoms with Gasteiger partial charge in [0.25, 0.3) is 5.91 Å². The Kier molecular flexibility index (Phi) is 8.84. The van der Waals surface area contributed by atoms with Crippen molar-refractivity contribution in [3.8, 4) is 0 Å². The summed E-state index contributed by atoms with van der Waals surface area (Å²) in [7, 11) is 7.00. The van der Waals surface area contributed by atoms with Gasteiger partial charge in [0.1, 0.15) is 11.1 Å². The van der Waals surface area contributed by atoms with Gasteiger partial charge in [-0.25, -0.2) is 5.01 Å². The van der Waals surface area contributed by atoms with E-state index in [1.165, 1.54) is 0 Å². The molecule has 4 rings (SSSR count). The standard InChI is InChI=1S/C24H39BrN2O6/c1-29-18-9-8-14(12-21(18)31-3)16-13-17(15-6-5-7-19(30-2)23(15)32-4)27(26-16)24(28)20-10-11-22(25)33-20/h14-15,17-23H,5-13H2,1-4H3. The number of carbonyl (C=O) groups is 1. The average Bonchev–Trinajstić information content (AvgIpc) is 3.49. The molecule has 0 bridgehead atoms. The quantitative estimate of drug-likeness (QED) is 0.468. The molecule has 8 nitrogen and oxygen atoms in total. The monoisotopic (exact) mass is 530 g/mol. The van der Waals surface area contributed by atoms with Crippen LogP contribution in [-0.4, -0.2) is 86.6 Å². The summed E-state index contributed by atoms with van der Waals surface area (Å²) in [5, 5.41) is 6.68. The van der Waals surface area contributed by atoms with E-state index in [9.17, 15) is 4.79 Å². The Morgan fingerprint density at radius 2 is 1.70 bits per heavy atom. The number of hydrogen-bond acceptors (Lipinski definition) is 7. The fourth-order valence-electron chi connectivity index (χ4n) is 6.34. The van der Waals surface area contributed by atoms with Crippen LogP contribution in [0.1, 0.15) is 57.8 Å². The van der Waals surface area contributed by atoms with Crippen LogP contribution < -0.4 is 0 Å². The summed E-state index contributed by atoms with van der Waals surface area (Å²) in [6, 6.07) is -0.0329. The first kappa shape index (κ1) is 25.5. The zero-order valence-electron chi connectivity index (χ0n) is 20.3. The minimum absolute atomic E-state index is 0.0276. The van der Waals surface area contributed by atoms with Crippen molar-refractivity contribution >= 4 is 27.5 Å². The number of ether oxygens (including phenoxy) is 5. The molecular weight excluding hydrogens is 492 g/mol. The molecule has 2 heterocycles. The molecular formula is C24H39BrN2O6. The maximum Gasteiger partial charge on any atom is 0.272 e. The molecule has 2 aliphatic carbocycles. The van der Waals surface area contributed by atoms with E-state index in [0.29, 0.717) is 6.42 Å². The van der Waals surface area contributed by atoms with E-state index in [2.05, 4.69) is 15.9 Å². The minimum Gasteiger partial charge on any atom is -0.379 e. The molecule has 0 aromatic carbocycles. The zero-order valence-corrected chi connectivity index (χ0v) is 21.9. The number of hydrazone groups is 1. The Hall–Kier alpha value is -0.580. The highest BCUT2D eigenvalue weighted by molar-refractivity contribution is 9.09. The van der Waals surface area contributed by atoms with E-state index in [4.69, 9.17) is 28.8 Å². The fourth-order valence-corrected chi connectivity index (χ4v) is 6.87. The maximum atomic E-state index is 13.6. The van der Waals surface area contributed by atoms with Crippen LogP contribution in [0.3, 0.4) is 0 Å². The van der Waals surface area contributed by atoms with Crippen LogP contribution in [0.5, 0.6) is 0 Å². The van der Waals surface area contributed by atoms with Crippen molar-refractivity contribution < 1.29 is 28.5 Å². The SMILES string of the molecule is COC1CCC(C2=NN(C(=O)C3CCC(Br)O3)C(C3CCCC(OC)C3OC)C2)CC1OC. The van der Waals surface area contributed by atoms with Gasteiger partial charge in [-0.15, -0.1) is 0 Å². The zero-order chi connectivity index (χ0) is 23.5. The van der Waals surface area contributed by atoms with Gasteiger partial charge in [0, 0.05) is 52.4 Å². The van der Waals surface area contributed by atoms with Crippen molar-refractivity contribution in [3.63, 3.8) is 0 Å². The molecule has 3 fully saturated rings. The minimum atomic E-state index is -0.446. The van der Waals surface area contributed by atoms with Crippen molar-refractivity contribution in [2.45, 2.75) is 99.4 Å². The van der Waals surface area contributed by atoms with Crippen molar-refractivity contribution in [1.29, 1.82) is 0 Å². The van der Waals surface area contributed by atoms with Crippen molar-refractivity contribution in [2.24, 2.45) is 16.9 Å². The molecule has 0 N–H and O–H groups in total. The fraction of sp³-hybridized carbons (Fsp3) is 0.917. The normalized spacial score (nSPS) is 41.9. The number of hydrogen-bond donors (Lipinski definition) is 0. The summed E-state index contributed by atoms with van der Waals surface area (Å²) in [6.07, 6.45) is 7.86. The lowest BCUT2D eigenvalue weighted by atomic mass is 9.75. The van der Waals surface area contributed by atoms with Gasteiger partial charge in [-0.2, -0.15) is 5.10 Å². The highest BCUT2D eigenvalue weighted by atomic mass is 79.9. The molecule has 2 aliphatic heterocycles. The first-order chi connectivity index (χ1) is 16.0. The number of alkyl halides is 1. The lowest BCUT2D eigenvalue weighted by molar-refractivity contribution is -0.149. The molecule has 9 unspecified atom stereocenters. The third-order valence-electron chi connectivity index (χ3n) is 8.13. The summed E-state index contributed by atoms with van der Waals surface area (Å²) in [5.74, 6) is 0.437. The Balaban J connectivity index is 1.57. The second kappa shape index (κ2) is 11.4. The van der Waals surface area contributed by atoms with Crippen LogP contribution in [0.15, 0.2) is 5.10 Å². The molecule has 0 aromatic heterocycles. The van der Waals surface area contributed by atoms with Crippen LogP contribution in [-0.2, 0) is 28.5 Å². The Morgan fingerprint density at radius 1 is 0.939 bits per heavy atom. The van der Waals surface area contributed by atoms with Gasteiger partial charge < -0.3 is 23.7 Å². The van der Waals surface area contributed by atoms with Crippen LogP contribution in [0.4, 0.5) is 0 Å². The number of amides is 1. The predicted octanol–water partition coefficient (Wildman–Crippen LogP) is 3.50. The third-order valence-corrected chi connectivity index (χ3v) is 8.80. The Morgan fingerprint density at radius 3 is 2.33 bits per heavy atom. The van der Waals surface area contributed by atoms with Gasteiger partial charge in [0.05, 0.1) is 30.5 Å². The molecule has 188 valence electrons. The largest absolute Gasteiger partial charge is 0.379 e. The van der Waals surface area contributed by atoms with E-state index in [1.807, 2.05) is 0 Å². The van der Waals surface area contributed by atoms with Crippen molar-refractivity contribution in [1.82, 2.24) is 5.01 Å². The van der Waals surface area contributed by atoms with Gasteiger partial charge in [-0.1, -0.05) is 22.4 Å². The number of rotatable bonds is 7. The molecule has 33 heavy (non-hydrogen) atoms. The summed E-state index contributed by atoms with van der Waals surface area (Å²) in [5.41, 5.74) is 1.10. The molecule has 4 aliphatic rings. The van der Waals surface area contributed by atoms with Crippen LogP contribution in [0.2, 0.25) is 0 Å². The lowest BCUT2D eigenvalue weighted by Gasteiger charge is -2.41. The topological polar surface area (TPSA) is 78.8 Å². The highest BCUT2D eigenvalue weighted by Gasteiger charge is 2.48. The molecule has 1 amide bonds. The van der Waals surface area contributed by atoms with Gasteiger partial charge in [-0.05, 0) is 44.9 Å². The summed E-state index contributed by atoms with van der Waals surface area (Å²) < 4.78 is 28.9. The second-order valence-electron chi connectivity index (χ2n) is 9.79. The number of carbonyl (C=O) groups excluding carboxylic acids is 1.